The molecule has 0 amide bonds. The lowest BCUT2D eigenvalue weighted by atomic mass is 9.82. The molecule has 0 spiro atoms. The topological polar surface area (TPSA) is 15.7 Å². The Hall–Kier alpha value is -2.26. The second-order valence-corrected chi connectivity index (χ2v) is 10.0. The van der Waals surface area contributed by atoms with Crippen LogP contribution in [0.5, 0.6) is 5.75 Å². The van der Waals surface area contributed by atoms with Crippen molar-refractivity contribution in [1.82, 2.24) is 9.80 Å². The minimum Gasteiger partial charge on any atom is -0.496 e. The minimum absolute atomic E-state index is 0.0104. The Bertz CT molecular complexity index is 1010. The first-order valence-electron chi connectivity index (χ1n) is 12.3. The van der Waals surface area contributed by atoms with Crippen molar-refractivity contribution in [2.45, 2.75) is 63.0 Å². The van der Waals surface area contributed by atoms with Gasteiger partial charge in [0.15, 0.2) is 0 Å². The Balaban J connectivity index is 1.72. The first-order valence-corrected chi connectivity index (χ1v) is 12.3. The van der Waals surface area contributed by atoms with Crippen LogP contribution in [0, 0.1) is 0 Å². The van der Waals surface area contributed by atoms with Crippen LogP contribution >= 0.6 is 0 Å². The van der Waals surface area contributed by atoms with Gasteiger partial charge in [0.05, 0.1) is 23.8 Å². The summed E-state index contributed by atoms with van der Waals surface area (Å²) in [5.41, 5.74) is -2.72. The highest BCUT2D eigenvalue weighted by Gasteiger charge is 2.41. The monoisotopic (exact) mass is 514 g/mol. The molecule has 0 aromatic heterocycles. The van der Waals surface area contributed by atoms with Crippen LogP contribution in [0.3, 0.4) is 0 Å². The Morgan fingerprint density at radius 3 is 1.92 bits per heavy atom. The van der Waals surface area contributed by atoms with Crippen molar-refractivity contribution in [3.63, 3.8) is 0 Å². The average molecular weight is 515 g/mol. The van der Waals surface area contributed by atoms with E-state index in [0.717, 1.165) is 30.8 Å². The first-order chi connectivity index (χ1) is 16.9. The smallest absolute Gasteiger partial charge is 0.416 e. The summed E-state index contributed by atoms with van der Waals surface area (Å²) in [6.45, 7) is 4.84. The number of hydrogen-bond acceptors (Lipinski definition) is 3. The summed E-state index contributed by atoms with van der Waals surface area (Å²) in [6, 6.07) is 9.67. The molecule has 198 valence electrons. The SMILES string of the molecule is COc1ccccc1C(C)(Cc1cc(C(F)(F)F)cc(C(F)(F)F)c1)N1CCN(C2CCCC2)CC1. The summed E-state index contributed by atoms with van der Waals surface area (Å²) < 4.78 is 86.9. The highest BCUT2D eigenvalue weighted by molar-refractivity contribution is 5.42. The normalized spacial score (nSPS) is 20.4. The molecule has 1 saturated carbocycles. The number of ether oxygens (including phenoxy) is 1. The third-order valence-electron chi connectivity index (χ3n) is 7.74. The number of hydrogen-bond donors (Lipinski definition) is 0. The van der Waals surface area contributed by atoms with Crippen LogP contribution in [-0.2, 0) is 24.3 Å². The second-order valence-electron chi connectivity index (χ2n) is 10.0. The van der Waals surface area contributed by atoms with Crippen molar-refractivity contribution in [3.8, 4) is 5.75 Å². The van der Waals surface area contributed by atoms with Crippen LogP contribution in [0.15, 0.2) is 42.5 Å². The van der Waals surface area contributed by atoms with Crippen LogP contribution in [0.1, 0.15) is 54.9 Å². The van der Waals surface area contributed by atoms with Gasteiger partial charge in [-0.3, -0.25) is 9.80 Å². The summed E-state index contributed by atoms with van der Waals surface area (Å²) in [5, 5.41) is 0. The number of nitrogens with zero attached hydrogens (tertiary/aromatic N) is 2. The maximum atomic E-state index is 13.6. The van der Waals surface area contributed by atoms with E-state index in [1.54, 1.807) is 12.1 Å². The molecule has 1 aliphatic carbocycles. The molecule has 1 unspecified atom stereocenters. The van der Waals surface area contributed by atoms with E-state index >= 15 is 0 Å². The number of piperazine rings is 1. The van der Waals surface area contributed by atoms with Crippen molar-refractivity contribution in [2.75, 3.05) is 33.3 Å². The maximum Gasteiger partial charge on any atom is 0.416 e. The van der Waals surface area contributed by atoms with E-state index in [4.69, 9.17) is 4.74 Å². The molecule has 2 aliphatic rings. The Morgan fingerprint density at radius 1 is 0.833 bits per heavy atom. The zero-order chi connectivity index (χ0) is 26.1. The van der Waals surface area contributed by atoms with Gasteiger partial charge in [-0.2, -0.15) is 26.3 Å². The zero-order valence-corrected chi connectivity index (χ0v) is 20.6. The van der Waals surface area contributed by atoms with Crippen LogP contribution in [0.2, 0.25) is 0 Å². The fourth-order valence-corrected chi connectivity index (χ4v) is 5.84. The molecule has 2 aromatic rings. The third kappa shape index (κ3) is 5.67. The molecule has 1 aliphatic heterocycles. The number of halogens is 6. The maximum absolute atomic E-state index is 13.6. The second kappa shape index (κ2) is 10.2. The van der Waals surface area contributed by atoms with E-state index in [1.165, 1.54) is 32.8 Å². The van der Waals surface area contributed by atoms with Crippen molar-refractivity contribution in [1.29, 1.82) is 0 Å². The fraction of sp³-hybridized carbons (Fsp3) is 0.556. The summed E-state index contributed by atoms with van der Waals surface area (Å²) in [5.74, 6) is 0.557. The minimum atomic E-state index is -4.89. The molecule has 2 fully saturated rings. The van der Waals surface area contributed by atoms with Gasteiger partial charge in [0.2, 0.25) is 0 Å². The van der Waals surface area contributed by atoms with E-state index in [0.29, 0.717) is 24.9 Å². The van der Waals surface area contributed by atoms with Crippen LogP contribution in [0.4, 0.5) is 26.3 Å². The van der Waals surface area contributed by atoms with Gasteiger partial charge in [0.1, 0.15) is 5.75 Å². The lowest BCUT2D eigenvalue weighted by Crippen LogP contribution is -2.56. The van der Waals surface area contributed by atoms with Gasteiger partial charge in [-0.25, -0.2) is 0 Å². The Morgan fingerprint density at radius 2 is 1.39 bits per heavy atom. The lowest BCUT2D eigenvalue weighted by molar-refractivity contribution is -0.143. The summed E-state index contributed by atoms with van der Waals surface area (Å²) >= 11 is 0. The molecule has 36 heavy (non-hydrogen) atoms. The summed E-state index contributed by atoms with van der Waals surface area (Å²) in [6.07, 6.45) is -5.00. The quantitative estimate of drug-likeness (QED) is 0.397. The predicted molar refractivity (Wildman–Crippen MR) is 126 cm³/mol. The molecule has 1 heterocycles. The van der Waals surface area contributed by atoms with Gasteiger partial charge >= 0.3 is 12.4 Å². The predicted octanol–water partition coefficient (Wildman–Crippen LogP) is 6.75. The highest BCUT2D eigenvalue weighted by Crippen LogP contribution is 2.42. The van der Waals surface area contributed by atoms with Crippen molar-refractivity contribution in [2.24, 2.45) is 0 Å². The van der Waals surface area contributed by atoms with Crippen LogP contribution in [-0.4, -0.2) is 49.1 Å². The Kier molecular flexibility index (Phi) is 7.62. The largest absolute Gasteiger partial charge is 0.496 e. The van der Waals surface area contributed by atoms with Gasteiger partial charge in [-0.15, -0.1) is 0 Å². The summed E-state index contributed by atoms with van der Waals surface area (Å²) in [4.78, 5) is 4.65. The fourth-order valence-electron chi connectivity index (χ4n) is 5.84. The van der Waals surface area contributed by atoms with E-state index < -0.39 is 29.0 Å². The number of alkyl halides is 6. The third-order valence-corrected chi connectivity index (χ3v) is 7.74. The van der Waals surface area contributed by atoms with Gasteiger partial charge in [0.25, 0.3) is 0 Å². The van der Waals surface area contributed by atoms with Crippen LogP contribution in [0.25, 0.3) is 0 Å². The molecular formula is C27H32F6N2O. The van der Waals surface area contributed by atoms with Gasteiger partial charge in [-0.05, 0) is 56.0 Å². The highest BCUT2D eigenvalue weighted by atomic mass is 19.4. The van der Waals surface area contributed by atoms with E-state index in [9.17, 15) is 26.3 Å². The number of para-hydroxylation sites is 1. The molecule has 1 saturated heterocycles. The molecule has 4 rings (SSSR count). The molecule has 0 N–H and O–H groups in total. The average Bonchev–Trinajstić information content (AvgIpc) is 3.38. The van der Waals surface area contributed by atoms with E-state index in [-0.39, 0.29) is 18.1 Å². The Labute approximate surface area is 208 Å². The standard InChI is InChI=1S/C27H32F6N2O/c1-25(23-9-5-6-10-24(23)36-2,35-13-11-34(12-14-35)22-7-3-4-8-22)18-19-15-20(26(28,29)30)17-21(16-19)27(31,32)33/h5-6,9-10,15-17,22H,3-4,7-8,11-14,18H2,1-2H3. The first kappa shape index (κ1) is 26.8. The molecule has 0 bridgehead atoms. The van der Waals surface area contributed by atoms with Gasteiger partial charge in [-0.1, -0.05) is 31.0 Å². The lowest BCUT2D eigenvalue weighted by Gasteiger charge is -2.48. The summed E-state index contributed by atoms with van der Waals surface area (Å²) in [7, 11) is 1.52. The van der Waals surface area contributed by atoms with E-state index in [1.807, 2.05) is 19.1 Å². The molecule has 3 nitrogen and oxygen atoms in total. The number of rotatable bonds is 6. The van der Waals surface area contributed by atoms with Gasteiger partial charge in [0, 0.05) is 37.8 Å². The van der Waals surface area contributed by atoms with Crippen LogP contribution < -0.4 is 4.74 Å². The number of methoxy groups -OCH3 is 1. The van der Waals surface area contributed by atoms with Gasteiger partial charge < -0.3 is 4.74 Å². The van der Waals surface area contributed by atoms with Crippen molar-refractivity contribution < 1.29 is 31.1 Å². The molecule has 2 aromatic carbocycles. The van der Waals surface area contributed by atoms with Crippen molar-refractivity contribution >= 4 is 0 Å². The van der Waals surface area contributed by atoms with Crippen molar-refractivity contribution in [3.05, 3.63) is 64.7 Å². The molecule has 9 heteroatoms. The molecule has 0 radical (unpaired) electrons. The van der Waals surface area contributed by atoms with E-state index in [2.05, 4.69) is 9.80 Å². The molecule has 1 atom stereocenters. The number of benzene rings is 2. The zero-order valence-electron chi connectivity index (χ0n) is 20.6. The molecular weight excluding hydrogens is 482 g/mol.